The third-order valence-corrected chi connectivity index (χ3v) is 6.12. The molecule has 29 heavy (non-hydrogen) atoms. The van der Waals surface area contributed by atoms with Gasteiger partial charge in [0, 0.05) is 5.56 Å². The van der Waals surface area contributed by atoms with Gasteiger partial charge in [-0.1, -0.05) is 24.4 Å². The van der Waals surface area contributed by atoms with Crippen molar-refractivity contribution in [3.8, 4) is 6.07 Å². The fraction of sp³-hybridized carbons (Fsp3) is 0.222. The van der Waals surface area contributed by atoms with Crippen LogP contribution in [0.25, 0.3) is 11.0 Å². The molecule has 0 saturated heterocycles. The monoisotopic (exact) mass is 545 g/mol. The molecule has 1 N–H and O–H groups in total. The Balaban J connectivity index is 1.79. The topological polar surface area (TPSA) is 66.5 Å². The molecule has 0 saturated carbocycles. The molecule has 2 aromatic heterocycles. The van der Waals surface area contributed by atoms with Gasteiger partial charge >= 0.3 is 6.18 Å². The van der Waals surface area contributed by atoms with E-state index in [9.17, 15) is 18.4 Å². The second-order valence-electron chi connectivity index (χ2n) is 6.47. The highest BCUT2D eigenvalue weighted by Crippen LogP contribution is 2.29. The molecule has 0 bridgehead atoms. The van der Waals surface area contributed by atoms with E-state index in [0.29, 0.717) is 21.2 Å². The maximum Gasteiger partial charge on any atom is 0.416 e. The number of alkyl halides is 3. The fourth-order valence-corrected chi connectivity index (χ4v) is 3.57. The van der Waals surface area contributed by atoms with Crippen LogP contribution < -0.4 is 5.32 Å². The van der Waals surface area contributed by atoms with Crippen LogP contribution in [0.5, 0.6) is 0 Å². The average Bonchev–Trinajstić information content (AvgIpc) is 3.01. The van der Waals surface area contributed by atoms with Gasteiger partial charge in [0.25, 0.3) is 0 Å². The van der Waals surface area contributed by atoms with Gasteiger partial charge in [0.05, 0.1) is 28.8 Å². The van der Waals surface area contributed by atoms with E-state index in [2.05, 4.69) is 53.3 Å². The molecule has 0 aliphatic carbocycles. The van der Waals surface area contributed by atoms with Gasteiger partial charge in [0.1, 0.15) is 26.2 Å². The van der Waals surface area contributed by atoms with Crippen molar-refractivity contribution < 1.29 is 13.2 Å². The van der Waals surface area contributed by atoms with Crippen LogP contribution in [0.15, 0.2) is 45.6 Å². The first-order valence-electron chi connectivity index (χ1n) is 8.11. The number of fused-ring (bicyclic) bond motifs is 1. The molecule has 0 fully saturated rings. The summed E-state index contributed by atoms with van der Waals surface area (Å²) in [5.74, 6) is 0. The predicted octanol–water partition coefficient (Wildman–Crippen LogP) is 5.22. The van der Waals surface area contributed by atoms with Crippen LogP contribution in [0.4, 0.5) is 13.2 Å². The zero-order valence-corrected chi connectivity index (χ0v) is 18.7. The van der Waals surface area contributed by atoms with E-state index in [0.717, 1.165) is 16.6 Å². The van der Waals surface area contributed by atoms with Gasteiger partial charge in [0.15, 0.2) is 0 Å². The number of rotatable bonds is 4. The summed E-state index contributed by atoms with van der Waals surface area (Å²) in [7, 11) is 0. The molecule has 1 aromatic carbocycles. The number of nitrogens with one attached hydrogen (secondary N) is 1. The first kappa shape index (κ1) is 21.7. The molecular weight excluding hydrogens is 535 g/mol. The summed E-state index contributed by atoms with van der Waals surface area (Å²) in [6, 6.07) is 8.41. The standard InChI is InChI=1S/C18H12Br2F3N5S/c1-17(8-24,9-28-7-14-13(27-28)6-12(19)15(20)25-14)26-16(29)10-2-4-11(5-3-10)18(21,22)23/h2-7H,9H2,1H3,(H,26,29). The van der Waals surface area contributed by atoms with Gasteiger partial charge in [-0.2, -0.15) is 23.5 Å². The Kier molecular flexibility index (Phi) is 5.98. The van der Waals surface area contributed by atoms with Crippen molar-refractivity contribution in [3.05, 3.63) is 56.7 Å². The normalized spacial score (nSPS) is 13.7. The fourth-order valence-electron chi connectivity index (χ4n) is 2.59. The maximum atomic E-state index is 12.7. The number of thiocarbonyl (C=S) groups is 1. The summed E-state index contributed by atoms with van der Waals surface area (Å²) >= 11 is 12.0. The van der Waals surface area contributed by atoms with Crippen LogP contribution in [0.2, 0.25) is 0 Å². The van der Waals surface area contributed by atoms with Gasteiger partial charge in [0.2, 0.25) is 0 Å². The Morgan fingerprint density at radius 2 is 1.90 bits per heavy atom. The molecule has 0 aliphatic rings. The van der Waals surface area contributed by atoms with E-state index >= 15 is 0 Å². The van der Waals surface area contributed by atoms with Gasteiger partial charge in [-0.05, 0) is 57.0 Å². The van der Waals surface area contributed by atoms with Crippen molar-refractivity contribution in [1.29, 1.82) is 5.26 Å². The quantitative estimate of drug-likeness (QED) is 0.359. The Morgan fingerprint density at radius 1 is 1.24 bits per heavy atom. The van der Waals surface area contributed by atoms with E-state index < -0.39 is 17.3 Å². The van der Waals surface area contributed by atoms with Gasteiger partial charge in [-0.25, -0.2) is 4.98 Å². The molecule has 11 heteroatoms. The summed E-state index contributed by atoms with van der Waals surface area (Å²) < 4.78 is 41.1. The smallest absolute Gasteiger partial charge is 0.357 e. The van der Waals surface area contributed by atoms with E-state index in [1.54, 1.807) is 23.9 Å². The predicted molar refractivity (Wildman–Crippen MR) is 113 cm³/mol. The minimum absolute atomic E-state index is 0.149. The number of halogens is 5. The van der Waals surface area contributed by atoms with Gasteiger partial charge in [-0.15, -0.1) is 0 Å². The Bertz CT molecular complexity index is 1080. The Labute approximate surface area is 186 Å². The van der Waals surface area contributed by atoms with Crippen LogP contribution in [0.1, 0.15) is 18.1 Å². The van der Waals surface area contributed by atoms with Crippen molar-refractivity contribution in [2.75, 3.05) is 0 Å². The number of hydrogen-bond donors (Lipinski definition) is 1. The summed E-state index contributed by atoms with van der Waals surface area (Å²) in [5.41, 5.74) is -0.234. The molecule has 0 radical (unpaired) electrons. The second-order valence-corrected chi connectivity index (χ2v) is 8.48. The molecule has 3 rings (SSSR count). The van der Waals surface area contributed by atoms with Crippen molar-refractivity contribution in [3.63, 3.8) is 0 Å². The highest BCUT2D eigenvalue weighted by Gasteiger charge is 2.31. The number of nitriles is 1. The van der Waals surface area contributed by atoms with Crippen LogP contribution in [0.3, 0.4) is 0 Å². The van der Waals surface area contributed by atoms with Crippen molar-refractivity contribution in [1.82, 2.24) is 20.1 Å². The molecule has 5 nitrogen and oxygen atoms in total. The molecule has 150 valence electrons. The zero-order chi connectivity index (χ0) is 21.4. The van der Waals surface area contributed by atoms with Crippen molar-refractivity contribution in [2.45, 2.75) is 25.2 Å². The lowest BCUT2D eigenvalue weighted by Crippen LogP contribution is -2.47. The van der Waals surface area contributed by atoms with Crippen LogP contribution in [-0.2, 0) is 12.7 Å². The van der Waals surface area contributed by atoms with Crippen LogP contribution >= 0.6 is 44.1 Å². The summed E-state index contributed by atoms with van der Waals surface area (Å²) in [5, 5.41) is 17.0. The molecule has 0 aliphatic heterocycles. The first-order chi connectivity index (χ1) is 13.5. The zero-order valence-electron chi connectivity index (χ0n) is 14.8. The highest BCUT2D eigenvalue weighted by molar-refractivity contribution is 9.13. The number of pyridine rings is 1. The number of nitrogens with zero attached hydrogens (tertiary/aromatic N) is 4. The highest BCUT2D eigenvalue weighted by atomic mass is 79.9. The van der Waals surface area contributed by atoms with Crippen molar-refractivity contribution >= 4 is 60.1 Å². The molecule has 0 spiro atoms. The third-order valence-electron chi connectivity index (χ3n) is 4.04. The summed E-state index contributed by atoms with van der Waals surface area (Å²) in [6.45, 7) is 1.78. The molecule has 0 amide bonds. The lowest BCUT2D eigenvalue weighted by atomic mass is 10.0. The lowest BCUT2D eigenvalue weighted by Gasteiger charge is -2.25. The van der Waals surface area contributed by atoms with Gasteiger partial charge in [-0.3, -0.25) is 4.68 Å². The van der Waals surface area contributed by atoms with E-state index in [1.807, 2.05) is 0 Å². The molecular formula is C18H12Br2F3N5S. The average molecular weight is 547 g/mol. The third kappa shape index (κ3) is 4.94. The molecule has 1 unspecified atom stereocenters. The lowest BCUT2D eigenvalue weighted by molar-refractivity contribution is -0.137. The van der Waals surface area contributed by atoms with E-state index in [-0.39, 0.29) is 11.5 Å². The molecule has 1 atom stereocenters. The van der Waals surface area contributed by atoms with Gasteiger partial charge < -0.3 is 5.32 Å². The van der Waals surface area contributed by atoms with E-state index in [1.165, 1.54) is 12.1 Å². The maximum absolute atomic E-state index is 12.7. The number of benzene rings is 1. The molecule has 3 aromatic rings. The Hall–Kier alpha value is -2.03. The van der Waals surface area contributed by atoms with Crippen LogP contribution in [0, 0.1) is 11.3 Å². The largest absolute Gasteiger partial charge is 0.416 e. The van der Waals surface area contributed by atoms with Crippen LogP contribution in [-0.4, -0.2) is 25.3 Å². The summed E-state index contributed by atoms with van der Waals surface area (Å²) in [6.07, 6.45) is -2.72. The SMILES string of the molecule is CC(C#N)(Cn1cc2nc(Br)c(Br)cc2n1)NC(=S)c1ccc(C(F)(F)F)cc1. The number of aromatic nitrogens is 3. The minimum atomic E-state index is -4.42. The minimum Gasteiger partial charge on any atom is -0.357 e. The number of hydrogen-bond acceptors (Lipinski definition) is 4. The first-order valence-corrected chi connectivity index (χ1v) is 10.1. The Morgan fingerprint density at radius 3 is 2.48 bits per heavy atom. The second kappa shape index (κ2) is 8.01. The van der Waals surface area contributed by atoms with E-state index in [4.69, 9.17) is 12.2 Å². The molecule has 2 heterocycles. The van der Waals surface area contributed by atoms with Crippen molar-refractivity contribution in [2.24, 2.45) is 0 Å². The summed E-state index contributed by atoms with van der Waals surface area (Å²) in [4.78, 5) is 4.52.